The number of thiophene rings is 1. The normalized spacial score (nSPS) is 10.8. The molecule has 0 saturated carbocycles. The zero-order chi connectivity index (χ0) is 21.6. The minimum atomic E-state index is -0.588. The first kappa shape index (κ1) is 22.4. The molecule has 0 unspecified atom stereocenters. The van der Waals surface area contributed by atoms with Crippen molar-refractivity contribution >= 4 is 40.2 Å². The van der Waals surface area contributed by atoms with Crippen LogP contribution in [0.3, 0.4) is 0 Å². The van der Waals surface area contributed by atoms with Crippen molar-refractivity contribution in [3.05, 3.63) is 57.5 Å². The summed E-state index contributed by atoms with van der Waals surface area (Å²) < 4.78 is 4.86. The van der Waals surface area contributed by atoms with Crippen molar-refractivity contribution in [1.82, 2.24) is 4.90 Å². The van der Waals surface area contributed by atoms with E-state index in [1.54, 1.807) is 17.9 Å². The summed E-state index contributed by atoms with van der Waals surface area (Å²) in [5, 5.41) is 3.03. The van der Waals surface area contributed by atoms with Gasteiger partial charge in [0.1, 0.15) is 5.00 Å². The van der Waals surface area contributed by atoms with E-state index in [1.165, 1.54) is 13.2 Å². The fourth-order valence-electron chi connectivity index (χ4n) is 2.81. The van der Waals surface area contributed by atoms with Crippen LogP contribution in [-0.4, -0.2) is 42.9 Å². The molecule has 0 aliphatic heterocycles. The van der Waals surface area contributed by atoms with Gasteiger partial charge in [0.2, 0.25) is 5.91 Å². The quantitative estimate of drug-likeness (QED) is 0.542. The highest BCUT2D eigenvalue weighted by atomic mass is 32.1. The molecule has 0 atom stereocenters. The monoisotopic (exact) mass is 414 g/mol. The van der Waals surface area contributed by atoms with E-state index in [0.29, 0.717) is 28.5 Å². The number of carbonyl (C=O) groups excluding carboxylic acids is 3. The summed E-state index contributed by atoms with van der Waals surface area (Å²) in [4.78, 5) is 39.6. The lowest BCUT2D eigenvalue weighted by molar-refractivity contribution is -0.111. The number of rotatable bonds is 7. The Kier molecular flexibility index (Phi) is 7.73. The molecule has 1 aromatic carbocycles. The number of aryl methyl sites for hydroxylation is 1. The van der Waals surface area contributed by atoms with E-state index in [0.717, 1.165) is 22.5 Å². The minimum absolute atomic E-state index is 0.168. The third-order valence-electron chi connectivity index (χ3n) is 4.52. The van der Waals surface area contributed by atoms with Crippen molar-refractivity contribution in [2.45, 2.75) is 27.7 Å². The van der Waals surface area contributed by atoms with Crippen LogP contribution >= 0.6 is 11.3 Å². The van der Waals surface area contributed by atoms with Gasteiger partial charge in [-0.15, -0.1) is 11.3 Å². The van der Waals surface area contributed by atoms with Gasteiger partial charge in [0.15, 0.2) is 0 Å². The molecule has 0 radical (unpaired) electrons. The summed E-state index contributed by atoms with van der Waals surface area (Å²) in [5.74, 6) is -1.15. The van der Waals surface area contributed by atoms with Crippen LogP contribution in [0.5, 0.6) is 0 Å². The van der Waals surface area contributed by atoms with Gasteiger partial charge in [0.25, 0.3) is 5.91 Å². The molecule has 1 heterocycles. The molecule has 2 amide bonds. The maximum Gasteiger partial charge on any atom is 0.341 e. The van der Waals surface area contributed by atoms with Crippen molar-refractivity contribution in [2.75, 3.05) is 25.5 Å². The molecule has 0 aliphatic carbocycles. The minimum Gasteiger partial charge on any atom is -0.465 e. The molecule has 0 aliphatic rings. The van der Waals surface area contributed by atoms with Gasteiger partial charge in [0, 0.05) is 19.2 Å². The lowest BCUT2D eigenvalue weighted by atomic mass is 10.1. The Bertz CT molecular complexity index is 925. The van der Waals surface area contributed by atoms with Crippen molar-refractivity contribution in [3.63, 3.8) is 0 Å². The van der Waals surface area contributed by atoms with E-state index in [4.69, 9.17) is 4.74 Å². The lowest BCUT2D eigenvalue weighted by Gasteiger charge is -2.17. The highest BCUT2D eigenvalue weighted by Crippen LogP contribution is 2.34. The molecular weight excluding hydrogens is 388 g/mol. The highest BCUT2D eigenvalue weighted by molar-refractivity contribution is 7.18. The fourth-order valence-corrected chi connectivity index (χ4v) is 3.98. The van der Waals surface area contributed by atoms with E-state index in [2.05, 4.69) is 5.32 Å². The molecule has 0 bridgehead atoms. The first-order valence-electron chi connectivity index (χ1n) is 9.39. The van der Waals surface area contributed by atoms with Gasteiger partial charge in [-0.2, -0.15) is 0 Å². The Balaban J connectivity index is 2.31. The van der Waals surface area contributed by atoms with E-state index in [9.17, 15) is 14.4 Å². The number of hydrogen-bond donors (Lipinski definition) is 1. The number of nitrogens with zero attached hydrogens (tertiary/aromatic N) is 1. The SMILES string of the molecule is CCN(CC)C(=O)c1sc(NC(=O)C=Cc2ccc(C)cc2)c(C(=O)OC)c1C. The number of carbonyl (C=O) groups is 3. The van der Waals surface area contributed by atoms with Crippen molar-refractivity contribution in [1.29, 1.82) is 0 Å². The van der Waals surface area contributed by atoms with Crippen molar-refractivity contribution in [3.8, 4) is 0 Å². The first-order valence-corrected chi connectivity index (χ1v) is 10.2. The van der Waals surface area contributed by atoms with E-state index in [-0.39, 0.29) is 17.4 Å². The second-order valence-corrected chi connectivity index (χ2v) is 7.48. The van der Waals surface area contributed by atoms with Crippen LogP contribution in [-0.2, 0) is 9.53 Å². The van der Waals surface area contributed by atoms with Crippen LogP contribution in [0, 0.1) is 13.8 Å². The summed E-state index contributed by atoms with van der Waals surface area (Å²) >= 11 is 1.09. The fraction of sp³-hybridized carbons (Fsp3) is 0.318. The van der Waals surface area contributed by atoms with Gasteiger partial charge in [0.05, 0.1) is 17.6 Å². The molecule has 154 valence electrons. The maximum absolute atomic E-state index is 12.8. The number of anilines is 1. The van der Waals surface area contributed by atoms with Gasteiger partial charge < -0.3 is 15.0 Å². The van der Waals surface area contributed by atoms with Crippen LogP contribution in [0.1, 0.15) is 50.6 Å². The predicted octanol–water partition coefficient (Wildman–Crippen LogP) is 4.29. The van der Waals surface area contributed by atoms with Crippen molar-refractivity contribution < 1.29 is 19.1 Å². The number of esters is 1. The van der Waals surface area contributed by atoms with E-state index < -0.39 is 5.97 Å². The summed E-state index contributed by atoms with van der Waals surface area (Å²) in [6, 6.07) is 7.74. The van der Waals surface area contributed by atoms with Gasteiger partial charge in [-0.1, -0.05) is 29.8 Å². The number of methoxy groups -OCH3 is 1. The third kappa shape index (κ3) is 5.32. The molecule has 2 rings (SSSR count). The largest absolute Gasteiger partial charge is 0.465 e. The Hall–Kier alpha value is -2.93. The topological polar surface area (TPSA) is 75.7 Å². The summed E-state index contributed by atoms with van der Waals surface area (Å²) in [6.45, 7) is 8.58. The molecule has 6 nitrogen and oxygen atoms in total. The van der Waals surface area contributed by atoms with Crippen molar-refractivity contribution in [2.24, 2.45) is 0 Å². The Morgan fingerprint density at radius 3 is 2.28 bits per heavy atom. The average Bonchev–Trinajstić information content (AvgIpc) is 3.03. The Morgan fingerprint density at radius 2 is 1.72 bits per heavy atom. The number of nitrogens with one attached hydrogen (secondary N) is 1. The Morgan fingerprint density at radius 1 is 1.10 bits per heavy atom. The predicted molar refractivity (Wildman–Crippen MR) is 116 cm³/mol. The average molecular weight is 415 g/mol. The molecule has 1 N–H and O–H groups in total. The van der Waals surface area contributed by atoms with Crippen LogP contribution in [0.25, 0.3) is 6.08 Å². The number of benzene rings is 1. The molecule has 1 aromatic heterocycles. The summed E-state index contributed by atoms with van der Waals surface area (Å²) in [5.41, 5.74) is 2.74. The summed E-state index contributed by atoms with van der Waals surface area (Å²) in [6.07, 6.45) is 3.09. The molecule has 2 aromatic rings. The van der Waals surface area contributed by atoms with Gasteiger partial charge in [-0.05, 0) is 44.9 Å². The highest BCUT2D eigenvalue weighted by Gasteiger charge is 2.27. The second kappa shape index (κ2) is 10.0. The van der Waals surface area contributed by atoms with E-state index >= 15 is 0 Å². The van der Waals surface area contributed by atoms with Crippen LogP contribution in [0.15, 0.2) is 30.3 Å². The van der Waals surface area contributed by atoms with Crippen LogP contribution < -0.4 is 5.32 Å². The Labute approximate surface area is 175 Å². The standard InChI is InChI=1S/C22H26N2O4S/c1-6-24(7-2)21(26)19-15(4)18(22(27)28-5)20(29-19)23-17(25)13-12-16-10-8-14(3)9-11-16/h8-13H,6-7H2,1-5H3,(H,23,25). The zero-order valence-corrected chi connectivity index (χ0v) is 18.2. The third-order valence-corrected chi connectivity index (χ3v) is 5.72. The van der Waals surface area contributed by atoms with Crippen LogP contribution in [0.2, 0.25) is 0 Å². The van der Waals surface area contributed by atoms with Crippen LogP contribution in [0.4, 0.5) is 5.00 Å². The molecule has 7 heteroatoms. The molecule has 29 heavy (non-hydrogen) atoms. The number of ether oxygens (including phenoxy) is 1. The van der Waals surface area contributed by atoms with Gasteiger partial charge in [-0.25, -0.2) is 4.79 Å². The zero-order valence-electron chi connectivity index (χ0n) is 17.4. The van der Waals surface area contributed by atoms with Gasteiger partial charge in [-0.3, -0.25) is 9.59 Å². The molecule has 0 saturated heterocycles. The maximum atomic E-state index is 12.8. The number of hydrogen-bond acceptors (Lipinski definition) is 5. The van der Waals surface area contributed by atoms with Gasteiger partial charge >= 0.3 is 5.97 Å². The summed E-state index contributed by atoms with van der Waals surface area (Å²) in [7, 11) is 1.27. The lowest BCUT2D eigenvalue weighted by Crippen LogP contribution is -2.30. The molecular formula is C22H26N2O4S. The smallest absolute Gasteiger partial charge is 0.341 e. The molecule has 0 spiro atoms. The first-order chi connectivity index (χ1) is 13.8. The van der Waals surface area contributed by atoms with E-state index in [1.807, 2.05) is 45.0 Å². The second-order valence-electron chi connectivity index (χ2n) is 6.46. The number of amides is 2. The molecule has 0 fully saturated rings.